The largest absolute Gasteiger partial charge is 0.497 e. The number of amides is 2. The first-order valence-electron chi connectivity index (χ1n) is 14.7. The number of benzene rings is 2. The van der Waals surface area contributed by atoms with Crippen molar-refractivity contribution in [1.29, 1.82) is 0 Å². The number of nitrogens with one attached hydrogen (secondary N) is 2. The first-order valence-corrected chi connectivity index (χ1v) is 16.5. The van der Waals surface area contributed by atoms with E-state index in [9.17, 15) is 14.4 Å². The number of aryl methyl sites for hydroxylation is 1. The zero-order valence-electron chi connectivity index (χ0n) is 25.4. The Morgan fingerprint density at radius 3 is 2.51 bits per heavy atom. The first kappa shape index (κ1) is 32.0. The number of carbonyl (C=O) groups excluding carboxylic acids is 3. The standard InChI is InChI=1S/C32H35N5O6S2/c1-4-43-31(40)28-22-10-6-5-7-13-25(22)45-30(28)34-27(38)19-44-32-36-35-26(37(32)23-11-8-9-12-24(23)42-3)18-33-29(39)20-14-16-21(41-2)17-15-20/h8-9,11-12,14-17H,4-7,10,13,18-19H2,1-3H3,(H,33,39)(H,34,38). The van der Waals surface area contributed by atoms with Gasteiger partial charge in [0.15, 0.2) is 11.0 Å². The summed E-state index contributed by atoms with van der Waals surface area (Å²) in [5, 5.41) is 15.5. The van der Waals surface area contributed by atoms with E-state index in [1.54, 1.807) is 50.0 Å². The molecule has 236 valence electrons. The fraction of sp³-hybridized carbons (Fsp3) is 0.344. The summed E-state index contributed by atoms with van der Waals surface area (Å²) in [7, 11) is 3.13. The summed E-state index contributed by atoms with van der Waals surface area (Å²) in [6.07, 6.45) is 4.85. The highest BCUT2D eigenvalue weighted by atomic mass is 32.2. The molecule has 0 bridgehead atoms. The number of thiophene rings is 1. The molecule has 13 heteroatoms. The Labute approximate surface area is 269 Å². The third-order valence-corrected chi connectivity index (χ3v) is 9.41. The van der Waals surface area contributed by atoms with Crippen molar-refractivity contribution in [2.45, 2.75) is 50.7 Å². The molecule has 2 amide bonds. The van der Waals surface area contributed by atoms with E-state index in [2.05, 4.69) is 20.8 Å². The number of anilines is 1. The average Bonchev–Trinajstić information content (AvgIpc) is 3.54. The van der Waals surface area contributed by atoms with Gasteiger partial charge in [0.2, 0.25) is 5.91 Å². The quantitative estimate of drug-likeness (QED) is 0.117. The first-order chi connectivity index (χ1) is 21.9. The Kier molecular flexibility index (Phi) is 10.7. The Morgan fingerprint density at radius 1 is 0.978 bits per heavy atom. The van der Waals surface area contributed by atoms with E-state index in [0.29, 0.717) is 44.3 Å². The molecule has 0 unspecified atom stereocenters. The molecule has 0 atom stereocenters. The lowest BCUT2D eigenvalue weighted by Crippen LogP contribution is -2.24. The van der Waals surface area contributed by atoms with E-state index in [-0.39, 0.29) is 30.7 Å². The summed E-state index contributed by atoms with van der Waals surface area (Å²) in [4.78, 5) is 40.2. The predicted octanol–water partition coefficient (Wildman–Crippen LogP) is 5.45. The van der Waals surface area contributed by atoms with Crippen molar-refractivity contribution in [2.24, 2.45) is 0 Å². The number of hydrogen-bond acceptors (Lipinski definition) is 10. The third-order valence-electron chi connectivity index (χ3n) is 7.27. The van der Waals surface area contributed by atoms with Crippen LogP contribution in [0.25, 0.3) is 5.69 Å². The van der Waals surface area contributed by atoms with E-state index in [0.717, 1.165) is 42.5 Å². The Morgan fingerprint density at radius 2 is 1.76 bits per heavy atom. The maximum Gasteiger partial charge on any atom is 0.341 e. The molecule has 1 aliphatic carbocycles. The van der Waals surface area contributed by atoms with Crippen LogP contribution in [0.15, 0.2) is 53.7 Å². The highest BCUT2D eigenvalue weighted by Crippen LogP contribution is 2.38. The van der Waals surface area contributed by atoms with E-state index in [1.807, 2.05) is 24.3 Å². The van der Waals surface area contributed by atoms with Gasteiger partial charge in [0.25, 0.3) is 5.91 Å². The molecule has 0 saturated carbocycles. The highest BCUT2D eigenvalue weighted by molar-refractivity contribution is 7.99. The second kappa shape index (κ2) is 15.1. The van der Waals surface area contributed by atoms with Crippen molar-refractivity contribution in [3.63, 3.8) is 0 Å². The molecule has 4 aromatic rings. The summed E-state index contributed by atoms with van der Waals surface area (Å²) < 4.78 is 17.9. The van der Waals surface area contributed by atoms with Crippen LogP contribution >= 0.6 is 23.1 Å². The van der Waals surface area contributed by atoms with Crippen molar-refractivity contribution in [2.75, 3.05) is 31.9 Å². The topological polar surface area (TPSA) is 134 Å². The van der Waals surface area contributed by atoms with Crippen molar-refractivity contribution in [1.82, 2.24) is 20.1 Å². The Balaban J connectivity index is 1.35. The van der Waals surface area contributed by atoms with Crippen molar-refractivity contribution >= 4 is 45.9 Å². The van der Waals surface area contributed by atoms with Crippen LogP contribution in [0.3, 0.4) is 0 Å². The van der Waals surface area contributed by atoms with Crippen LogP contribution < -0.4 is 20.1 Å². The van der Waals surface area contributed by atoms with Crippen molar-refractivity contribution in [3.8, 4) is 17.2 Å². The van der Waals surface area contributed by atoms with E-state index in [4.69, 9.17) is 14.2 Å². The van der Waals surface area contributed by atoms with Crippen LogP contribution in [0.4, 0.5) is 5.00 Å². The lowest BCUT2D eigenvalue weighted by molar-refractivity contribution is -0.113. The van der Waals surface area contributed by atoms with Gasteiger partial charge in [-0.2, -0.15) is 0 Å². The molecule has 5 rings (SSSR count). The number of carbonyl (C=O) groups is 3. The second-order valence-electron chi connectivity index (χ2n) is 10.1. The molecule has 0 spiro atoms. The fourth-order valence-corrected chi connectivity index (χ4v) is 7.17. The average molecular weight is 650 g/mol. The zero-order chi connectivity index (χ0) is 31.8. The number of aromatic nitrogens is 3. The molecule has 45 heavy (non-hydrogen) atoms. The van der Waals surface area contributed by atoms with Crippen LogP contribution in [0.5, 0.6) is 11.5 Å². The molecule has 0 aliphatic heterocycles. The monoisotopic (exact) mass is 649 g/mol. The lowest BCUT2D eigenvalue weighted by atomic mass is 10.1. The van der Waals surface area contributed by atoms with Gasteiger partial charge in [0.1, 0.15) is 16.5 Å². The number of fused-ring (bicyclic) bond motifs is 1. The molecule has 11 nitrogen and oxygen atoms in total. The van der Waals surface area contributed by atoms with Gasteiger partial charge in [0.05, 0.1) is 44.4 Å². The number of nitrogens with zero attached hydrogens (tertiary/aromatic N) is 3. The minimum atomic E-state index is -0.405. The number of rotatable bonds is 12. The normalized spacial score (nSPS) is 12.5. The van der Waals surface area contributed by atoms with Gasteiger partial charge in [-0.25, -0.2) is 4.79 Å². The minimum Gasteiger partial charge on any atom is -0.497 e. The number of esters is 1. The Hall–Kier alpha value is -4.36. The smallest absolute Gasteiger partial charge is 0.341 e. The SMILES string of the molecule is CCOC(=O)c1c(NC(=O)CSc2nnc(CNC(=O)c3ccc(OC)cc3)n2-c2ccccc2OC)sc2c1CCCCC2. The number of para-hydroxylation sites is 2. The van der Waals surface area contributed by atoms with Crippen LogP contribution in [-0.2, 0) is 28.9 Å². The van der Waals surface area contributed by atoms with Crippen LogP contribution in [0.2, 0.25) is 0 Å². The van der Waals surface area contributed by atoms with E-state index in [1.165, 1.54) is 23.1 Å². The number of methoxy groups -OCH3 is 2. The molecule has 2 N–H and O–H groups in total. The van der Waals surface area contributed by atoms with Crippen LogP contribution in [-0.4, -0.2) is 59.1 Å². The van der Waals surface area contributed by atoms with Gasteiger partial charge in [-0.05, 0) is 74.6 Å². The molecule has 2 aromatic heterocycles. The molecular weight excluding hydrogens is 615 g/mol. The van der Waals surface area contributed by atoms with Gasteiger partial charge in [-0.1, -0.05) is 30.3 Å². The maximum atomic E-state index is 13.3. The van der Waals surface area contributed by atoms with Crippen LogP contribution in [0, 0.1) is 0 Å². The van der Waals surface area contributed by atoms with Gasteiger partial charge < -0.3 is 24.8 Å². The number of hydrogen-bond donors (Lipinski definition) is 2. The lowest BCUT2D eigenvalue weighted by Gasteiger charge is -2.14. The van der Waals surface area contributed by atoms with Gasteiger partial charge in [-0.15, -0.1) is 21.5 Å². The summed E-state index contributed by atoms with van der Waals surface area (Å²) in [5.74, 6) is 0.715. The Bertz CT molecular complexity index is 1670. The summed E-state index contributed by atoms with van der Waals surface area (Å²) >= 11 is 2.65. The number of thioether (sulfide) groups is 1. The molecule has 1 aliphatic rings. The predicted molar refractivity (Wildman–Crippen MR) is 173 cm³/mol. The fourth-order valence-electron chi connectivity index (χ4n) is 5.11. The summed E-state index contributed by atoms with van der Waals surface area (Å²) in [5.41, 5.74) is 2.60. The molecule has 0 saturated heterocycles. The van der Waals surface area contributed by atoms with Crippen molar-refractivity contribution < 1.29 is 28.6 Å². The summed E-state index contributed by atoms with van der Waals surface area (Å²) in [6, 6.07) is 14.2. The number of ether oxygens (including phenoxy) is 3. The van der Waals surface area contributed by atoms with Gasteiger partial charge in [0, 0.05) is 10.4 Å². The summed E-state index contributed by atoms with van der Waals surface area (Å²) in [6.45, 7) is 2.11. The molecule has 2 heterocycles. The molecule has 0 fully saturated rings. The van der Waals surface area contributed by atoms with E-state index >= 15 is 0 Å². The van der Waals surface area contributed by atoms with Crippen LogP contribution in [0.1, 0.15) is 63.2 Å². The zero-order valence-corrected chi connectivity index (χ0v) is 27.0. The van der Waals surface area contributed by atoms with Gasteiger partial charge in [-0.3, -0.25) is 14.2 Å². The minimum absolute atomic E-state index is 0.0102. The van der Waals surface area contributed by atoms with Crippen molar-refractivity contribution in [3.05, 3.63) is 75.9 Å². The highest BCUT2D eigenvalue weighted by Gasteiger charge is 2.27. The molecule has 0 radical (unpaired) electrons. The molecular formula is C32H35N5O6S2. The van der Waals surface area contributed by atoms with E-state index < -0.39 is 5.97 Å². The van der Waals surface area contributed by atoms with Gasteiger partial charge >= 0.3 is 5.97 Å². The second-order valence-corrected chi connectivity index (χ2v) is 12.2. The maximum absolute atomic E-state index is 13.3. The third kappa shape index (κ3) is 7.48. The molecule has 2 aromatic carbocycles.